The van der Waals surface area contributed by atoms with Gasteiger partial charge in [0.1, 0.15) is 11.9 Å². The first-order valence-corrected chi connectivity index (χ1v) is 7.25. The summed E-state index contributed by atoms with van der Waals surface area (Å²) < 4.78 is 23.9. The lowest BCUT2D eigenvalue weighted by Gasteiger charge is -2.17. The molecule has 2 heterocycles. The van der Waals surface area contributed by atoms with Crippen molar-refractivity contribution < 1.29 is 18.7 Å². The van der Waals surface area contributed by atoms with Gasteiger partial charge < -0.3 is 14.4 Å². The van der Waals surface area contributed by atoms with E-state index >= 15 is 0 Å². The van der Waals surface area contributed by atoms with Crippen molar-refractivity contribution in [1.82, 2.24) is 15.1 Å². The smallest absolute Gasteiger partial charge is 0.254 e. The van der Waals surface area contributed by atoms with Crippen LogP contribution in [0.25, 0.3) is 0 Å². The molecule has 2 aromatic rings. The maximum Gasteiger partial charge on any atom is 0.254 e. The van der Waals surface area contributed by atoms with E-state index in [1.165, 1.54) is 25.3 Å². The highest BCUT2D eigenvalue weighted by molar-refractivity contribution is 5.94. The van der Waals surface area contributed by atoms with Crippen molar-refractivity contribution in [2.24, 2.45) is 0 Å². The fraction of sp³-hybridized carbons (Fsp3) is 0.312. The lowest BCUT2D eigenvalue weighted by atomic mass is 10.2. The first-order valence-electron chi connectivity index (χ1n) is 7.25. The Bertz CT molecular complexity index is 693. The van der Waals surface area contributed by atoms with Gasteiger partial charge in [-0.3, -0.25) is 4.79 Å². The van der Waals surface area contributed by atoms with E-state index in [9.17, 15) is 9.18 Å². The summed E-state index contributed by atoms with van der Waals surface area (Å²) in [4.78, 5) is 14.0. The van der Waals surface area contributed by atoms with E-state index in [2.05, 4.69) is 10.2 Å². The average Bonchev–Trinajstić information content (AvgIpc) is 3.03. The molecule has 6 nitrogen and oxygen atoms in total. The molecular formula is C16H16FN3O3. The number of carbonyl (C=O) groups excluding carboxylic acids is 1. The number of hydrogen-bond acceptors (Lipinski definition) is 5. The maximum atomic E-state index is 13.2. The van der Waals surface area contributed by atoms with Crippen molar-refractivity contribution in [3.8, 4) is 11.8 Å². The number of methoxy groups -OCH3 is 1. The standard InChI is InChI=1S/C16H16FN3O3/c1-22-14-5-6-15(19-18-14)23-13-7-8-20(10-13)16(21)11-3-2-4-12(17)9-11/h2-6,9,13H,7-8,10H2,1H3. The molecule has 0 N–H and O–H groups in total. The van der Waals surface area contributed by atoms with E-state index in [1.807, 2.05) is 0 Å². The first kappa shape index (κ1) is 15.2. The highest BCUT2D eigenvalue weighted by atomic mass is 19.1. The number of hydrogen-bond donors (Lipinski definition) is 0. The highest BCUT2D eigenvalue weighted by Crippen LogP contribution is 2.19. The molecule has 1 saturated heterocycles. The molecule has 1 fully saturated rings. The van der Waals surface area contributed by atoms with Crippen LogP contribution in [0.5, 0.6) is 11.8 Å². The van der Waals surface area contributed by atoms with Crippen LogP contribution in [-0.4, -0.2) is 47.3 Å². The minimum Gasteiger partial charge on any atom is -0.480 e. The molecule has 0 aliphatic carbocycles. The highest BCUT2D eigenvalue weighted by Gasteiger charge is 2.28. The largest absolute Gasteiger partial charge is 0.480 e. The normalized spacial score (nSPS) is 17.1. The molecule has 1 atom stereocenters. The van der Waals surface area contributed by atoms with Crippen LogP contribution in [0.15, 0.2) is 36.4 Å². The monoisotopic (exact) mass is 317 g/mol. The van der Waals surface area contributed by atoms with Gasteiger partial charge in [0, 0.05) is 30.7 Å². The lowest BCUT2D eigenvalue weighted by Crippen LogP contribution is -2.31. The van der Waals surface area contributed by atoms with E-state index in [0.29, 0.717) is 36.8 Å². The van der Waals surface area contributed by atoms with Crippen molar-refractivity contribution in [2.75, 3.05) is 20.2 Å². The number of ether oxygens (including phenoxy) is 2. The molecule has 1 unspecified atom stereocenters. The Morgan fingerprint density at radius 2 is 2.04 bits per heavy atom. The summed E-state index contributed by atoms with van der Waals surface area (Å²) in [6, 6.07) is 9.02. The summed E-state index contributed by atoms with van der Waals surface area (Å²) >= 11 is 0. The second-order valence-corrected chi connectivity index (χ2v) is 5.20. The van der Waals surface area contributed by atoms with Crippen LogP contribution in [0.2, 0.25) is 0 Å². The predicted molar refractivity (Wildman–Crippen MR) is 79.9 cm³/mol. The predicted octanol–water partition coefficient (Wildman–Crippen LogP) is 1.92. The minimum absolute atomic E-state index is 0.157. The van der Waals surface area contributed by atoms with Gasteiger partial charge in [0.15, 0.2) is 0 Å². The number of nitrogens with zero attached hydrogens (tertiary/aromatic N) is 3. The molecule has 0 spiro atoms. The van der Waals surface area contributed by atoms with Crippen molar-refractivity contribution in [3.05, 3.63) is 47.8 Å². The topological polar surface area (TPSA) is 64.6 Å². The third kappa shape index (κ3) is 3.56. The summed E-state index contributed by atoms with van der Waals surface area (Å²) in [6.45, 7) is 0.993. The number of carbonyl (C=O) groups is 1. The number of aromatic nitrogens is 2. The zero-order chi connectivity index (χ0) is 16.2. The molecule has 1 aliphatic rings. The quantitative estimate of drug-likeness (QED) is 0.862. The third-order valence-electron chi connectivity index (χ3n) is 3.62. The Balaban J connectivity index is 1.60. The van der Waals surface area contributed by atoms with E-state index in [4.69, 9.17) is 9.47 Å². The number of halogens is 1. The van der Waals surface area contributed by atoms with Crippen LogP contribution in [0.4, 0.5) is 4.39 Å². The molecule has 1 amide bonds. The van der Waals surface area contributed by atoms with E-state index in [1.54, 1.807) is 23.1 Å². The van der Waals surface area contributed by atoms with Crippen molar-refractivity contribution in [2.45, 2.75) is 12.5 Å². The molecular weight excluding hydrogens is 301 g/mol. The lowest BCUT2D eigenvalue weighted by molar-refractivity contribution is 0.0770. The van der Waals surface area contributed by atoms with Crippen LogP contribution in [0.3, 0.4) is 0 Å². The van der Waals surface area contributed by atoms with Gasteiger partial charge in [0.05, 0.1) is 13.7 Å². The second kappa shape index (κ2) is 6.60. The zero-order valence-corrected chi connectivity index (χ0v) is 12.6. The van der Waals surface area contributed by atoms with Crippen molar-refractivity contribution in [3.63, 3.8) is 0 Å². The molecule has 1 aromatic heterocycles. The molecule has 0 saturated carbocycles. The Labute approximate surface area is 132 Å². The SMILES string of the molecule is COc1ccc(OC2CCN(C(=O)c3cccc(F)c3)C2)nn1. The van der Waals surface area contributed by atoms with E-state index < -0.39 is 5.82 Å². The van der Waals surface area contributed by atoms with Crippen molar-refractivity contribution >= 4 is 5.91 Å². The van der Waals surface area contributed by atoms with Gasteiger partial charge >= 0.3 is 0 Å². The van der Waals surface area contributed by atoms with Gasteiger partial charge in [-0.1, -0.05) is 6.07 Å². The fourth-order valence-corrected chi connectivity index (χ4v) is 2.46. The van der Waals surface area contributed by atoms with Crippen LogP contribution in [0, 0.1) is 5.82 Å². The maximum absolute atomic E-state index is 13.2. The van der Waals surface area contributed by atoms with Crippen LogP contribution >= 0.6 is 0 Å². The molecule has 0 radical (unpaired) electrons. The molecule has 120 valence electrons. The second-order valence-electron chi connectivity index (χ2n) is 5.20. The zero-order valence-electron chi connectivity index (χ0n) is 12.6. The molecule has 23 heavy (non-hydrogen) atoms. The molecule has 3 rings (SSSR count). The number of rotatable bonds is 4. The van der Waals surface area contributed by atoms with E-state index in [0.717, 1.165) is 0 Å². The van der Waals surface area contributed by atoms with Gasteiger partial charge in [0.2, 0.25) is 11.8 Å². The Morgan fingerprint density at radius 1 is 1.26 bits per heavy atom. The minimum atomic E-state index is -0.420. The Kier molecular flexibility index (Phi) is 4.36. The number of likely N-dealkylation sites (tertiary alicyclic amines) is 1. The van der Waals surface area contributed by atoms with Gasteiger partial charge in [-0.15, -0.1) is 10.2 Å². The van der Waals surface area contributed by atoms with Gasteiger partial charge in [-0.25, -0.2) is 4.39 Å². The summed E-state index contributed by atoms with van der Waals surface area (Å²) in [7, 11) is 1.51. The molecule has 1 aliphatic heterocycles. The Hall–Kier alpha value is -2.70. The summed E-state index contributed by atoms with van der Waals surface area (Å²) in [5.74, 6) is 0.176. The molecule has 7 heteroatoms. The van der Waals surface area contributed by atoms with Crippen LogP contribution in [0.1, 0.15) is 16.8 Å². The molecule has 0 bridgehead atoms. The van der Waals surface area contributed by atoms with Crippen molar-refractivity contribution in [1.29, 1.82) is 0 Å². The first-order chi connectivity index (χ1) is 11.2. The van der Waals surface area contributed by atoms with E-state index in [-0.39, 0.29) is 12.0 Å². The number of amides is 1. The van der Waals surface area contributed by atoms with Crippen LogP contribution < -0.4 is 9.47 Å². The summed E-state index contributed by atoms with van der Waals surface area (Å²) in [5, 5.41) is 7.73. The average molecular weight is 317 g/mol. The third-order valence-corrected chi connectivity index (χ3v) is 3.62. The van der Waals surface area contributed by atoms with Gasteiger partial charge in [-0.05, 0) is 18.2 Å². The van der Waals surface area contributed by atoms with Gasteiger partial charge in [-0.2, -0.15) is 0 Å². The fourth-order valence-electron chi connectivity index (χ4n) is 2.46. The van der Waals surface area contributed by atoms with Gasteiger partial charge in [0.25, 0.3) is 5.91 Å². The van der Waals surface area contributed by atoms with Crippen LogP contribution in [-0.2, 0) is 0 Å². The number of benzene rings is 1. The molecule has 1 aromatic carbocycles. The summed E-state index contributed by atoms with van der Waals surface area (Å²) in [6.07, 6.45) is 0.532. The summed E-state index contributed by atoms with van der Waals surface area (Å²) in [5.41, 5.74) is 0.342. The Morgan fingerprint density at radius 3 is 2.74 bits per heavy atom.